The van der Waals surface area contributed by atoms with E-state index >= 15 is 0 Å². The Hall–Kier alpha value is -4.14. The van der Waals surface area contributed by atoms with Crippen LogP contribution in [0.2, 0.25) is 5.02 Å². The number of sulfonamides is 1. The third-order valence-corrected chi connectivity index (χ3v) is 10.5. The molecule has 4 aromatic rings. The number of hydrogen-bond acceptors (Lipinski definition) is 4. The van der Waals surface area contributed by atoms with E-state index in [2.05, 4.69) is 5.32 Å². The molecule has 240 valence electrons. The quantitative estimate of drug-likeness (QED) is 0.181. The van der Waals surface area contributed by atoms with E-state index < -0.39 is 28.5 Å². The Kier molecular flexibility index (Phi) is 10.8. The maximum atomic E-state index is 14.6. The van der Waals surface area contributed by atoms with E-state index in [9.17, 15) is 18.0 Å². The Morgan fingerprint density at radius 2 is 1.46 bits per heavy atom. The summed E-state index contributed by atoms with van der Waals surface area (Å²) in [6, 6.07) is 29.7. The van der Waals surface area contributed by atoms with E-state index in [1.165, 1.54) is 4.90 Å². The van der Waals surface area contributed by atoms with Gasteiger partial charge in [-0.15, -0.1) is 0 Å². The first-order chi connectivity index (χ1) is 22.1. The largest absolute Gasteiger partial charge is 0.352 e. The number of carbonyl (C=O) groups excluding carboxylic acids is 2. The highest BCUT2D eigenvalue weighted by molar-refractivity contribution is 7.92. The Labute approximate surface area is 277 Å². The van der Waals surface area contributed by atoms with Crippen LogP contribution in [-0.2, 0) is 32.6 Å². The standard InChI is InChI=1S/C37H40ClN3O4S/c1-27-17-20-33(21-18-27)46(44,45)41(34-22-19-31(38)23-28(34)2)26-36(42)40(25-30-13-7-4-8-14-30)35(24-29-11-5-3-6-12-29)37(43)39-32-15-9-10-16-32/h3-8,11-14,17-23,32,35H,9-10,15-16,24-26H2,1-2H3,(H,39,43). The summed E-state index contributed by atoms with van der Waals surface area (Å²) in [4.78, 5) is 30.3. The fourth-order valence-electron chi connectivity index (χ4n) is 5.95. The summed E-state index contributed by atoms with van der Waals surface area (Å²) in [5.74, 6) is -0.730. The third-order valence-electron chi connectivity index (χ3n) is 8.48. The Morgan fingerprint density at radius 3 is 2.07 bits per heavy atom. The van der Waals surface area contributed by atoms with Gasteiger partial charge in [-0.25, -0.2) is 8.42 Å². The predicted octanol–water partition coefficient (Wildman–Crippen LogP) is 6.85. The van der Waals surface area contributed by atoms with Crippen LogP contribution in [0.3, 0.4) is 0 Å². The number of carbonyl (C=O) groups is 2. The molecule has 1 fully saturated rings. The molecule has 0 radical (unpaired) electrons. The lowest BCUT2D eigenvalue weighted by Crippen LogP contribution is -2.54. The molecule has 5 rings (SSSR count). The van der Waals surface area contributed by atoms with Crippen LogP contribution in [-0.4, -0.2) is 43.8 Å². The van der Waals surface area contributed by atoms with E-state index in [4.69, 9.17) is 11.6 Å². The maximum absolute atomic E-state index is 14.6. The van der Waals surface area contributed by atoms with E-state index in [1.807, 2.05) is 67.6 Å². The van der Waals surface area contributed by atoms with Gasteiger partial charge in [0.05, 0.1) is 10.6 Å². The number of anilines is 1. The first kappa shape index (κ1) is 33.2. The summed E-state index contributed by atoms with van der Waals surface area (Å²) >= 11 is 6.25. The molecule has 1 unspecified atom stereocenters. The molecule has 46 heavy (non-hydrogen) atoms. The van der Waals surface area contributed by atoms with Gasteiger partial charge in [-0.1, -0.05) is 103 Å². The van der Waals surface area contributed by atoms with Gasteiger partial charge < -0.3 is 10.2 Å². The van der Waals surface area contributed by atoms with Gasteiger partial charge in [0, 0.05) is 24.0 Å². The number of aryl methyl sites for hydroxylation is 2. The molecule has 1 saturated carbocycles. The average Bonchev–Trinajstić information content (AvgIpc) is 3.56. The smallest absolute Gasteiger partial charge is 0.264 e. The molecule has 0 heterocycles. The van der Waals surface area contributed by atoms with E-state index in [0.717, 1.165) is 46.7 Å². The molecule has 2 amide bonds. The number of hydrogen-bond donors (Lipinski definition) is 1. The molecule has 0 saturated heterocycles. The zero-order valence-electron chi connectivity index (χ0n) is 26.2. The fraction of sp³-hybridized carbons (Fsp3) is 0.297. The Morgan fingerprint density at radius 1 is 0.848 bits per heavy atom. The molecule has 4 aromatic carbocycles. The highest BCUT2D eigenvalue weighted by Gasteiger charge is 2.36. The second kappa shape index (κ2) is 15.0. The molecule has 7 nitrogen and oxygen atoms in total. The highest BCUT2D eigenvalue weighted by atomic mass is 35.5. The van der Waals surface area contributed by atoms with Crippen molar-refractivity contribution in [3.05, 3.63) is 130 Å². The number of nitrogens with zero attached hydrogens (tertiary/aromatic N) is 2. The number of benzene rings is 4. The van der Waals surface area contributed by atoms with Crippen molar-refractivity contribution in [2.45, 2.75) is 69.5 Å². The second-order valence-electron chi connectivity index (χ2n) is 12.0. The molecular weight excluding hydrogens is 618 g/mol. The second-order valence-corrected chi connectivity index (χ2v) is 14.3. The third kappa shape index (κ3) is 8.17. The minimum Gasteiger partial charge on any atom is -0.352 e. The normalized spacial score (nSPS) is 14.1. The van der Waals surface area contributed by atoms with Crippen LogP contribution in [0, 0.1) is 13.8 Å². The molecule has 1 N–H and O–H groups in total. The van der Waals surface area contributed by atoms with Crippen molar-refractivity contribution >= 4 is 39.1 Å². The van der Waals surface area contributed by atoms with Crippen LogP contribution in [0.15, 0.2) is 108 Å². The molecule has 0 aliphatic heterocycles. The molecular formula is C37H40ClN3O4S. The van der Waals surface area contributed by atoms with Gasteiger partial charge in [-0.3, -0.25) is 13.9 Å². The molecule has 0 bridgehead atoms. The van der Waals surface area contributed by atoms with E-state index in [-0.39, 0.29) is 29.8 Å². The number of amides is 2. The summed E-state index contributed by atoms with van der Waals surface area (Å²) in [6.45, 7) is 3.27. The summed E-state index contributed by atoms with van der Waals surface area (Å²) < 4.78 is 29.7. The lowest BCUT2D eigenvalue weighted by Gasteiger charge is -2.34. The van der Waals surface area contributed by atoms with Gasteiger partial charge in [-0.2, -0.15) is 0 Å². The van der Waals surface area contributed by atoms with Crippen molar-refractivity contribution in [1.29, 1.82) is 0 Å². The van der Waals surface area contributed by atoms with Crippen LogP contribution >= 0.6 is 11.6 Å². The minimum atomic E-state index is -4.19. The van der Waals surface area contributed by atoms with Crippen LogP contribution < -0.4 is 9.62 Å². The van der Waals surface area contributed by atoms with Crippen molar-refractivity contribution in [2.24, 2.45) is 0 Å². The molecule has 0 spiro atoms. The first-order valence-electron chi connectivity index (χ1n) is 15.6. The topological polar surface area (TPSA) is 86.8 Å². The van der Waals surface area contributed by atoms with Gasteiger partial charge in [-0.05, 0) is 73.7 Å². The van der Waals surface area contributed by atoms with Gasteiger partial charge in [0.1, 0.15) is 12.6 Å². The van der Waals surface area contributed by atoms with Crippen molar-refractivity contribution in [3.63, 3.8) is 0 Å². The van der Waals surface area contributed by atoms with Crippen molar-refractivity contribution in [1.82, 2.24) is 10.2 Å². The molecule has 0 aromatic heterocycles. The SMILES string of the molecule is Cc1ccc(S(=O)(=O)N(CC(=O)N(Cc2ccccc2)C(Cc2ccccc2)C(=O)NC2CCCC2)c2ccc(Cl)cc2C)cc1. The van der Waals surface area contributed by atoms with Crippen molar-refractivity contribution < 1.29 is 18.0 Å². The summed E-state index contributed by atoms with van der Waals surface area (Å²) in [7, 11) is -4.19. The zero-order valence-corrected chi connectivity index (χ0v) is 27.8. The molecule has 1 aliphatic rings. The predicted molar refractivity (Wildman–Crippen MR) is 183 cm³/mol. The van der Waals surface area contributed by atoms with E-state index in [1.54, 1.807) is 49.4 Å². The average molecular weight is 658 g/mol. The van der Waals surface area contributed by atoms with Crippen LogP contribution in [0.4, 0.5) is 5.69 Å². The monoisotopic (exact) mass is 657 g/mol. The maximum Gasteiger partial charge on any atom is 0.264 e. The number of rotatable bonds is 12. The summed E-state index contributed by atoms with van der Waals surface area (Å²) in [5, 5.41) is 3.66. The van der Waals surface area contributed by atoms with Crippen LogP contribution in [0.1, 0.15) is 47.9 Å². The van der Waals surface area contributed by atoms with Gasteiger partial charge >= 0.3 is 0 Å². The number of nitrogens with one attached hydrogen (secondary N) is 1. The number of halogens is 1. The molecule has 1 aliphatic carbocycles. The zero-order chi connectivity index (χ0) is 32.7. The molecule has 9 heteroatoms. The summed E-state index contributed by atoms with van der Waals surface area (Å²) in [5.41, 5.74) is 3.59. The van der Waals surface area contributed by atoms with E-state index in [0.29, 0.717) is 16.3 Å². The van der Waals surface area contributed by atoms with Crippen LogP contribution in [0.25, 0.3) is 0 Å². The van der Waals surface area contributed by atoms with Gasteiger partial charge in [0.15, 0.2) is 0 Å². The lowest BCUT2D eigenvalue weighted by molar-refractivity contribution is -0.140. The summed E-state index contributed by atoms with van der Waals surface area (Å²) in [6.07, 6.45) is 4.17. The first-order valence-corrected chi connectivity index (χ1v) is 17.5. The fourth-order valence-corrected chi connectivity index (χ4v) is 7.66. The lowest BCUT2D eigenvalue weighted by atomic mass is 10.0. The Bertz CT molecular complexity index is 1740. The van der Waals surface area contributed by atoms with Gasteiger partial charge in [0.2, 0.25) is 11.8 Å². The minimum absolute atomic E-state index is 0.0505. The van der Waals surface area contributed by atoms with Gasteiger partial charge in [0.25, 0.3) is 10.0 Å². The van der Waals surface area contributed by atoms with Crippen molar-refractivity contribution in [2.75, 3.05) is 10.8 Å². The van der Waals surface area contributed by atoms with Crippen molar-refractivity contribution in [3.8, 4) is 0 Å². The molecule has 1 atom stereocenters. The highest BCUT2D eigenvalue weighted by Crippen LogP contribution is 2.30. The Balaban J connectivity index is 1.57. The van der Waals surface area contributed by atoms with Crippen LogP contribution in [0.5, 0.6) is 0 Å².